The van der Waals surface area contributed by atoms with E-state index in [1.165, 1.54) is 30.4 Å². The number of methoxy groups -OCH3 is 1. The quantitative estimate of drug-likeness (QED) is 0.660. The molecule has 0 N–H and O–H groups in total. The summed E-state index contributed by atoms with van der Waals surface area (Å²) in [5, 5.41) is 4.24. The zero-order chi connectivity index (χ0) is 17.9. The fourth-order valence-corrected chi connectivity index (χ4v) is 3.83. The lowest BCUT2D eigenvalue weighted by Gasteiger charge is -2.32. The van der Waals surface area contributed by atoms with Gasteiger partial charge in [0.2, 0.25) is 0 Å². The van der Waals surface area contributed by atoms with E-state index in [1.807, 2.05) is 30.3 Å². The normalized spacial score (nSPS) is 16.5. The number of ether oxygens (including phenoxy) is 1. The number of nitrogens with zero attached hydrogens (tertiary/aromatic N) is 2. The Kier molecular flexibility index (Phi) is 4.76. The van der Waals surface area contributed by atoms with Crippen molar-refractivity contribution in [2.24, 2.45) is 0 Å². The van der Waals surface area contributed by atoms with Gasteiger partial charge in [-0.1, -0.05) is 29.4 Å². The van der Waals surface area contributed by atoms with E-state index in [2.05, 4.69) is 41.4 Å². The molecule has 0 unspecified atom stereocenters. The molecule has 0 spiro atoms. The molecule has 3 aromatic rings. The highest BCUT2D eigenvalue weighted by atomic mass is 16.5. The number of hydrogen-bond acceptors (Lipinski definition) is 4. The van der Waals surface area contributed by atoms with Gasteiger partial charge in [-0.05, 0) is 61.7 Å². The number of aromatic nitrogens is 1. The summed E-state index contributed by atoms with van der Waals surface area (Å²) in [6, 6.07) is 19.2. The molecule has 1 aliphatic rings. The van der Waals surface area contributed by atoms with Gasteiger partial charge in [0.1, 0.15) is 11.4 Å². The fraction of sp³-hybridized carbons (Fsp3) is 0.318. The van der Waals surface area contributed by atoms with E-state index in [4.69, 9.17) is 9.26 Å². The summed E-state index contributed by atoms with van der Waals surface area (Å²) in [7, 11) is 3.84. The molecule has 26 heavy (non-hydrogen) atoms. The second kappa shape index (κ2) is 7.34. The van der Waals surface area contributed by atoms with Crippen LogP contribution in [0.4, 0.5) is 0 Å². The zero-order valence-corrected chi connectivity index (χ0v) is 15.3. The van der Waals surface area contributed by atoms with Crippen LogP contribution in [0.15, 0.2) is 59.1 Å². The molecule has 0 saturated heterocycles. The third kappa shape index (κ3) is 3.37. The Bertz CT molecular complexity index is 870. The minimum Gasteiger partial charge on any atom is -0.497 e. The summed E-state index contributed by atoms with van der Waals surface area (Å²) in [5.41, 5.74) is 4.83. The van der Waals surface area contributed by atoms with Gasteiger partial charge in [0.15, 0.2) is 5.76 Å². The van der Waals surface area contributed by atoms with Gasteiger partial charge in [-0.25, -0.2) is 0 Å². The molecule has 1 aliphatic carbocycles. The molecular weight excluding hydrogens is 324 g/mol. The lowest BCUT2D eigenvalue weighted by molar-refractivity contribution is 0.190. The molecule has 134 valence electrons. The van der Waals surface area contributed by atoms with Crippen LogP contribution in [0.3, 0.4) is 0 Å². The maximum absolute atomic E-state index is 5.60. The third-order valence-corrected chi connectivity index (χ3v) is 5.22. The average molecular weight is 348 g/mol. The van der Waals surface area contributed by atoms with E-state index in [9.17, 15) is 0 Å². The minimum atomic E-state index is 0.439. The molecule has 1 aromatic heterocycles. The van der Waals surface area contributed by atoms with Crippen LogP contribution >= 0.6 is 0 Å². The van der Waals surface area contributed by atoms with Crippen molar-refractivity contribution in [1.82, 2.24) is 10.1 Å². The van der Waals surface area contributed by atoms with Crippen molar-refractivity contribution in [2.75, 3.05) is 14.2 Å². The van der Waals surface area contributed by atoms with Crippen molar-refractivity contribution in [2.45, 2.75) is 31.8 Å². The zero-order valence-electron chi connectivity index (χ0n) is 15.3. The summed E-state index contributed by atoms with van der Waals surface area (Å²) < 4.78 is 10.8. The molecule has 0 bridgehead atoms. The second-order valence-corrected chi connectivity index (χ2v) is 6.93. The van der Waals surface area contributed by atoms with Crippen molar-refractivity contribution in [1.29, 1.82) is 0 Å². The summed E-state index contributed by atoms with van der Waals surface area (Å²) in [5.74, 6) is 1.73. The third-order valence-electron chi connectivity index (χ3n) is 5.22. The van der Waals surface area contributed by atoms with Crippen LogP contribution in [0.2, 0.25) is 0 Å². The first-order chi connectivity index (χ1) is 12.7. The van der Waals surface area contributed by atoms with E-state index < -0.39 is 0 Å². The molecule has 0 amide bonds. The summed E-state index contributed by atoms with van der Waals surface area (Å²) >= 11 is 0. The number of aryl methyl sites for hydroxylation is 1. The standard InChI is InChI=1S/C22H24N2O2/c1-24(22-9-5-7-16-6-3-4-8-20(16)22)15-19-14-21(23-26-19)17-10-12-18(25-2)13-11-17/h3-4,6,8,10-14,22H,5,7,9,15H2,1-2H3/t22-/m1/s1. The summed E-state index contributed by atoms with van der Waals surface area (Å²) in [4.78, 5) is 2.37. The van der Waals surface area contributed by atoms with E-state index in [1.54, 1.807) is 7.11 Å². The van der Waals surface area contributed by atoms with Crippen molar-refractivity contribution in [3.8, 4) is 17.0 Å². The summed E-state index contributed by atoms with van der Waals surface area (Å²) in [6.45, 7) is 0.752. The van der Waals surface area contributed by atoms with Crippen molar-refractivity contribution in [3.05, 3.63) is 71.5 Å². The van der Waals surface area contributed by atoms with Crippen LogP contribution in [-0.2, 0) is 13.0 Å². The van der Waals surface area contributed by atoms with Crippen molar-refractivity contribution >= 4 is 0 Å². The molecular formula is C22H24N2O2. The molecule has 0 aliphatic heterocycles. The molecule has 4 nitrogen and oxygen atoms in total. The van der Waals surface area contributed by atoms with Crippen LogP contribution in [0.1, 0.15) is 35.8 Å². The first kappa shape index (κ1) is 16.9. The predicted octanol–water partition coefficient (Wildman–Crippen LogP) is 4.86. The van der Waals surface area contributed by atoms with E-state index in [-0.39, 0.29) is 0 Å². The van der Waals surface area contributed by atoms with Crippen molar-refractivity contribution in [3.63, 3.8) is 0 Å². The highest BCUT2D eigenvalue weighted by Gasteiger charge is 2.24. The Morgan fingerprint density at radius 3 is 2.77 bits per heavy atom. The maximum atomic E-state index is 5.60. The van der Waals surface area contributed by atoms with Crippen LogP contribution < -0.4 is 4.74 Å². The second-order valence-electron chi connectivity index (χ2n) is 6.93. The number of hydrogen-bond donors (Lipinski definition) is 0. The Hall–Kier alpha value is -2.59. The first-order valence-electron chi connectivity index (χ1n) is 9.12. The molecule has 4 rings (SSSR count). The van der Waals surface area contributed by atoms with Crippen LogP contribution in [0.25, 0.3) is 11.3 Å². The largest absolute Gasteiger partial charge is 0.497 e. The lowest BCUT2D eigenvalue weighted by atomic mass is 9.87. The Labute approximate surface area is 154 Å². The predicted molar refractivity (Wildman–Crippen MR) is 102 cm³/mol. The molecule has 0 saturated carbocycles. The summed E-state index contributed by atoms with van der Waals surface area (Å²) in [6.07, 6.45) is 3.61. The number of benzene rings is 2. The van der Waals surface area contributed by atoms with Gasteiger partial charge in [-0.15, -0.1) is 0 Å². The molecule has 0 fully saturated rings. The Morgan fingerprint density at radius 2 is 1.96 bits per heavy atom. The van der Waals surface area contributed by atoms with Gasteiger partial charge in [-0.2, -0.15) is 0 Å². The van der Waals surface area contributed by atoms with Gasteiger partial charge in [-0.3, -0.25) is 4.90 Å². The van der Waals surface area contributed by atoms with Crippen molar-refractivity contribution < 1.29 is 9.26 Å². The van der Waals surface area contributed by atoms with Crippen LogP contribution in [-0.4, -0.2) is 24.2 Å². The minimum absolute atomic E-state index is 0.439. The van der Waals surface area contributed by atoms with Crippen LogP contribution in [0.5, 0.6) is 5.75 Å². The molecule has 2 aromatic carbocycles. The molecule has 1 atom stereocenters. The molecule has 1 heterocycles. The SMILES string of the molecule is COc1ccc(-c2cc(CN(C)[C@@H]3CCCc4ccccc43)on2)cc1. The maximum Gasteiger partial charge on any atom is 0.151 e. The Morgan fingerprint density at radius 1 is 1.15 bits per heavy atom. The topological polar surface area (TPSA) is 38.5 Å². The van der Waals surface area contributed by atoms with Crippen LogP contribution in [0, 0.1) is 0 Å². The van der Waals surface area contributed by atoms with Gasteiger partial charge in [0, 0.05) is 17.7 Å². The van der Waals surface area contributed by atoms with Gasteiger partial charge < -0.3 is 9.26 Å². The smallest absolute Gasteiger partial charge is 0.151 e. The highest BCUT2D eigenvalue weighted by molar-refractivity contribution is 5.59. The molecule has 0 radical (unpaired) electrons. The van der Waals surface area contributed by atoms with E-state index in [0.29, 0.717) is 6.04 Å². The first-order valence-corrected chi connectivity index (χ1v) is 9.12. The van der Waals surface area contributed by atoms with Gasteiger partial charge >= 0.3 is 0 Å². The fourth-order valence-electron chi connectivity index (χ4n) is 3.83. The van der Waals surface area contributed by atoms with E-state index >= 15 is 0 Å². The van der Waals surface area contributed by atoms with E-state index in [0.717, 1.165) is 29.3 Å². The highest BCUT2D eigenvalue weighted by Crippen LogP contribution is 2.34. The molecule has 4 heteroatoms. The Balaban J connectivity index is 1.49. The number of rotatable bonds is 5. The average Bonchev–Trinajstić information content (AvgIpc) is 3.16. The van der Waals surface area contributed by atoms with Gasteiger partial charge in [0.05, 0.1) is 13.7 Å². The monoisotopic (exact) mass is 348 g/mol. The lowest BCUT2D eigenvalue weighted by Crippen LogP contribution is -2.27. The number of fused-ring (bicyclic) bond motifs is 1. The van der Waals surface area contributed by atoms with Gasteiger partial charge in [0.25, 0.3) is 0 Å².